The number of amides is 1. The predicted molar refractivity (Wildman–Crippen MR) is 111 cm³/mol. The summed E-state index contributed by atoms with van der Waals surface area (Å²) in [6.07, 6.45) is 1.72. The molecule has 25 heavy (non-hydrogen) atoms. The molecule has 0 radical (unpaired) electrons. The summed E-state index contributed by atoms with van der Waals surface area (Å²) in [5.41, 5.74) is 1.12. The molecule has 0 bridgehead atoms. The summed E-state index contributed by atoms with van der Waals surface area (Å²) in [4.78, 5) is 15.7. The van der Waals surface area contributed by atoms with Gasteiger partial charge in [-0.25, -0.2) is 0 Å². The maximum absolute atomic E-state index is 11.6. The van der Waals surface area contributed by atoms with E-state index >= 15 is 0 Å². The van der Waals surface area contributed by atoms with Crippen LogP contribution in [-0.4, -0.2) is 52.8 Å². The van der Waals surface area contributed by atoms with Crippen LogP contribution in [0.2, 0.25) is 0 Å². The van der Waals surface area contributed by atoms with Crippen molar-refractivity contribution in [1.82, 2.24) is 16.0 Å². The fourth-order valence-corrected chi connectivity index (χ4v) is 2.07. The summed E-state index contributed by atoms with van der Waals surface area (Å²) >= 11 is 0. The highest BCUT2D eigenvalue weighted by molar-refractivity contribution is 14.0. The Balaban J connectivity index is 0.00000576. The van der Waals surface area contributed by atoms with E-state index in [0.717, 1.165) is 18.4 Å². The minimum absolute atomic E-state index is 0. The van der Waals surface area contributed by atoms with Gasteiger partial charge in [0.2, 0.25) is 5.91 Å². The largest absolute Gasteiger partial charge is 0.493 e. The Hall–Kier alpha value is -1.71. The Morgan fingerprint density at radius 3 is 2.40 bits per heavy atom. The number of carbonyl (C=O) groups excluding carboxylic acids is 1. The Bertz CT molecular complexity index is 553. The SMILES string of the molecule is CCCNC(=O)CNC(=NC)NCCc1ccc(OC)c(OC)c1.I. The van der Waals surface area contributed by atoms with Gasteiger partial charge in [-0.05, 0) is 30.5 Å². The van der Waals surface area contributed by atoms with E-state index in [0.29, 0.717) is 30.5 Å². The van der Waals surface area contributed by atoms with E-state index in [9.17, 15) is 4.79 Å². The maximum Gasteiger partial charge on any atom is 0.239 e. The van der Waals surface area contributed by atoms with Crippen LogP contribution in [0.5, 0.6) is 11.5 Å². The number of hydrogen-bond acceptors (Lipinski definition) is 4. The highest BCUT2D eigenvalue weighted by atomic mass is 127. The minimum Gasteiger partial charge on any atom is -0.493 e. The van der Waals surface area contributed by atoms with Gasteiger partial charge in [-0.3, -0.25) is 9.79 Å². The van der Waals surface area contributed by atoms with Crippen molar-refractivity contribution in [3.05, 3.63) is 23.8 Å². The van der Waals surface area contributed by atoms with Crippen molar-refractivity contribution in [2.24, 2.45) is 4.99 Å². The molecule has 0 unspecified atom stereocenters. The molecule has 8 heteroatoms. The molecule has 7 nitrogen and oxygen atoms in total. The molecule has 0 fully saturated rings. The molecule has 0 atom stereocenters. The lowest BCUT2D eigenvalue weighted by atomic mass is 10.1. The second-order valence-electron chi connectivity index (χ2n) is 5.14. The third-order valence-corrected chi connectivity index (χ3v) is 3.37. The first-order valence-corrected chi connectivity index (χ1v) is 8.06. The molecular formula is C17H29IN4O3. The lowest BCUT2D eigenvalue weighted by Gasteiger charge is -2.13. The first-order chi connectivity index (χ1) is 11.6. The van der Waals surface area contributed by atoms with Crippen molar-refractivity contribution >= 4 is 35.8 Å². The average molecular weight is 464 g/mol. The van der Waals surface area contributed by atoms with Crippen molar-refractivity contribution in [2.75, 3.05) is 40.9 Å². The smallest absolute Gasteiger partial charge is 0.239 e. The molecule has 1 aromatic rings. The van der Waals surface area contributed by atoms with Gasteiger partial charge in [-0.2, -0.15) is 0 Å². The Kier molecular flexibility index (Phi) is 12.6. The number of aliphatic imine (C=N–C) groups is 1. The topological polar surface area (TPSA) is 84.0 Å². The zero-order valence-corrected chi connectivity index (χ0v) is 17.7. The number of carbonyl (C=O) groups is 1. The van der Waals surface area contributed by atoms with E-state index in [2.05, 4.69) is 20.9 Å². The van der Waals surface area contributed by atoms with Gasteiger partial charge < -0.3 is 25.4 Å². The highest BCUT2D eigenvalue weighted by Gasteiger charge is 2.05. The standard InChI is InChI=1S/C17H28N4O3.HI/c1-5-9-19-16(22)12-21-17(18-2)20-10-8-13-6-7-14(23-3)15(11-13)24-4;/h6-7,11H,5,8-10,12H2,1-4H3,(H,19,22)(H2,18,20,21);1H. The van der Waals surface area contributed by atoms with Crippen LogP contribution in [0.25, 0.3) is 0 Å². The van der Waals surface area contributed by atoms with Crippen molar-refractivity contribution < 1.29 is 14.3 Å². The molecule has 0 saturated carbocycles. The predicted octanol–water partition coefficient (Wildman–Crippen LogP) is 1.56. The van der Waals surface area contributed by atoms with E-state index < -0.39 is 0 Å². The Morgan fingerprint density at radius 1 is 1.08 bits per heavy atom. The van der Waals surface area contributed by atoms with Crippen LogP contribution >= 0.6 is 24.0 Å². The second-order valence-corrected chi connectivity index (χ2v) is 5.14. The number of guanidine groups is 1. The van der Waals surface area contributed by atoms with Gasteiger partial charge in [-0.15, -0.1) is 24.0 Å². The van der Waals surface area contributed by atoms with E-state index in [1.54, 1.807) is 21.3 Å². The van der Waals surface area contributed by atoms with Gasteiger partial charge in [0, 0.05) is 20.1 Å². The van der Waals surface area contributed by atoms with Crippen LogP contribution in [0.1, 0.15) is 18.9 Å². The zero-order valence-electron chi connectivity index (χ0n) is 15.3. The number of nitrogens with zero attached hydrogens (tertiary/aromatic N) is 1. The van der Waals surface area contributed by atoms with Crippen molar-refractivity contribution in [1.29, 1.82) is 0 Å². The number of rotatable bonds is 9. The van der Waals surface area contributed by atoms with Crippen molar-refractivity contribution in [3.8, 4) is 11.5 Å². The monoisotopic (exact) mass is 464 g/mol. The molecule has 0 aliphatic carbocycles. The lowest BCUT2D eigenvalue weighted by Crippen LogP contribution is -2.43. The van der Waals surface area contributed by atoms with Gasteiger partial charge in [0.05, 0.1) is 20.8 Å². The molecular weight excluding hydrogens is 435 g/mol. The number of nitrogens with one attached hydrogen (secondary N) is 3. The summed E-state index contributed by atoms with van der Waals surface area (Å²) in [7, 11) is 4.91. The van der Waals surface area contributed by atoms with E-state index in [-0.39, 0.29) is 36.4 Å². The molecule has 142 valence electrons. The number of ether oxygens (including phenoxy) is 2. The van der Waals surface area contributed by atoms with Crippen LogP contribution in [0, 0.1) is 0 Å². The van der Waals surface area contributed by atoms with Gasteiger partial charge in [-0.1, -0.05) is 13.0 Å². The number of halogens is 1. The molecule has 0 aromatic heterocycles. The van der Waals surface area contributed by atoms with Crippen LogP contribution in [0.3, 0.4) is 0 Å². The van der Waals surface area contributed by atoms with Crippen LogP contribution in [0.15, 0.2) is 23.2 Å². The number of benzene rings is 1. The Labute approximate surface area is 167 Å². The molecule has 0 aliphatic rings. The van der Waals surface area contributed by atoms with E-state index in [1.165, 1.54) is 0 Å². The van der Waals surface area contributed by atoms with Crippen LogP contribution in [0.4, 0.5) is 0 Å². The second kappa shape index (κ2) is 13.6. The molecule has 0 saturated heterocycles. The molecule has 1 amide bonds. The first-order valence-electron chi connectivity index (χ1n) is 8.06. The summed E-state index contributed by atoms with van der Waals surface area (Å²) in [6, 6.07) is 5.84. The highest BCUT2D eigenvalue weighted by Crippen LogP contribution is 2.27. The fraction of sp³-hybridized carbons (Fsp3) is 0.529. The van der Waals surface area contributed by atoms with Gasteiger partial charge >= 0.3 is 0 Å². The molecule has 0 spiro atoms. The first kappa shape index (κ1) is 23.3. The van der Waals surface area contributed by atoms with Crippen LogP contribution in [-0.2, 0) is 11.2 Å². The normalized spacial score (nSPS) is 10.5. The summed E-state index contributed by atoms with van der Waals surface area (Å²) in [6.45, 7) is 3.59. The van der Waals surface area contributed by atoms with Crippen molar-refractivity contribution in [2.45, 2.75) is 19.8 Å². The fourth-order valence-electron chi connectivity index (χ4n) is 2.07. The molecule has 1 aromatic carbocycles. The molecule has 1 rings (SSSR count). The van der Waals surface area contributed by atoms with Crippen LogP contribution < -0.4 is 25.4 Å². The Morgan fingerprint density at radius 2 is 1.80 bits per heavy atom. The van der Waals surface area contributed by atoms with Gasteiger partial charge in [0.25, 0.3) is 0 Å². The molecule has 3 N–H and O–H groups in total. The number of methoxy groups -OCH3 is 2. The summed E-state index contributed by atoms with van der Waals surface area (Å²) < 4.78 is 10.5. The van der Waals surface area contributed by atoms with E-state index in [4.69, 9.17) is 9.47 Å². The van der Waals surface area contributed by atoms with Crippen molar-refractivity contribution in [3.63, 3.8) is 0 Å². The molecule has 0 heterocycles. The van der Waals surface area contributed by atoms with Gasteiger partial charge in [0.15, 0.2) is 17.5 Å². The summed E-state index contributed by atoms with van der Waals surface area (Å²) in [5.74, 6) is 1.98. The third kappa shape index (κ3) is 8.80. The average Bonchev–Trinajstić information content (AvgIpc) is 2.62. The molecule has 0 aliphatic heterocycles. The zero-order chi connectivity index (χ0) is 17.8. The van der Waals surface area contributed by atoms with Gasteiger partial charge in [0.1, 0.15) is 0 Å². The maximum atomic E-state index is 11.6. The summed E-state index contributed by atoms with van der Waals surface area (Å²) in [5, 5.41) is 8.98. The third-order valence-electron chi connectivity index (χ3n) is 3.37. The number of hydrogen-bond donors (Lipinski definition) is 3. The lowest BCUT2D eigenvalue weighted by molar-refractivity contribution is -0.120. The van der Waals surface area contributed by atoms with E-state index in [1.807, 2.05) is 25.1 Å². The quantitative estimate of drug-likeness (QED) is 0.294. The minimum atomic E-state index is -0.0420.